The van der Waals surface area contributed by atoms with Crippen LogP contribution in [0.15, 0.2) is 18.2 Å². The second-order valence-electron chi connectivity index (χ2n) is 4.95. The van der Waals surface area contributed by atoms with E-state index in [1.165, 1.54) is 0 Å². The third-order valence-electron chi connectivity index (χ3n) is 3.78. The molecular formula is C13H14ClNO. The molecule has 1 aromatic rings. The fourth-order valence-electron chi connectivity index (χ4n) is 3.09. The van der Waals surface area contributed by atoms with Crippen molar-refractivity contribution in [2.45, 2.75) is 12.3 Å². The molecule has 0 radical (unpaired) electrons. The Morgan fingerprint density at radius 2 is 2.19 bits per heavy atom. The number of likely N-dealkylation sites (tertiary alicyclic amines) is 1. The summed E-state index contributed by atoms with van der Waals surface area (Å²) in [5.74, 6) is 1.27. The summed E-state index contributed by atoms with van der Waals surface area (Å²) in [7, 11) is 2.12. The molecule has 0 unspecified atom stereocenters. The van der Waals surface area contributed by atoms with Crippen molar-refractivity contribution in [1.29, 1.82) is 0 Å². The molecule has 0 bridgehead atoms. The van der Waals surface area contributed by atoms with E-state index in [1.807, 2.05) is 18.2 Å². The Kier molecular flexibility index (Phi) is 2.30. The number of Topliss-reactive ketones (excluding diaryl/α,β-unsaturated/α-hetero) is 1. The summed E-state index contributed by atoms with van der Waals surface area (Å²) < 4.78 is 0. The fourth-order valence-corrected chi connectivity index (χ4v) is 3.27. The zero-order valence-electron chi connectivity index (χ0n) is 9.24. The van der Waals surface area contributed by atoms with Crippen LogP contribution in [0.25, 0.3) is 0 Å². The number of hydrogen-bond acceptors (Lipinski definition) is 2. The Bertz CT molecular complexity index is 457. The molecule has 84 valence electrons. The number of carbonyl (C=O) groups is 1. The lowest BCUT2D eigenvalue weighted by Crippen LogP contribution is -2.23. The van der Waals surface area contributed by atoms with E-state index in [4.69, 9.17) is 11.6 Å². The van der Waals surface area contributed by atoms with Gasteiger partial charge in [-0.1, -0.05) is 11.6 Å². The Morgan fingerprint density at radius 1 is 1.38 bits per heavy atom. The Hall–Kier alpha value is -0.860. The molecule has 16 heavy (non-hydrogen) atoms. The first-order valence-electron chi connectivity index (χ1n) is 5.66. The minimum absolute atomic E-state index is 0.281. The Balaban J connectivity index is 2.10. The number of likely N-dealkylation sites (N-methyl/N-ethyl adjacent to an activating group) is 1. The number of benzene rings is 1. The molecule has 1 heterocycles. The van der Waals surface area contributed by atoms with E-state index in [0.29, 0.717) is 18.3 Å². The summed E-state index contributed by atoms with van der Waals surface area (Å²) in [5, 5.41) is 0.738. The SMILES string of the molecule is CN1C[C@@H]2CC(=O)c3ccc(Cl)cc3[C@@H]2C1. The second-order valence-corrected chi connectivity index (χ2v) is 5.38. The second kappa shape index (κ2) is 3.57. The van der Waals surface area contributed by atoms with Gasteiger partial charge in [-0.3, -0.25) is 4.79 Å². The molecule has 0 saturated carbocycles. The molecule has 2 atom stereocenters. The molecule has 1 fully saturated rings. The standard InChI is InChI=1S/C13H14ClNO/c1-15-6-8-4-13(16)10-3-2-9(14)5-11(10)12(8)7-15/h2-3,5,8,12H,4,6-7H2,1H3/t8-,12+/m0/s1. The van der Waals surface area contributed by atoms with Crippen LogP contribution >= 0.6 is 11.6 Å². The van der Waals surface area contributed by atoms with Crippen LogP contribution < -0.4 is 0 Å². The molecule has 2 nitrogen and oxygen atoms in total. The minimum Gasteiger partial charge on any atom is -0.305 e. The van der Waals surface area contributed by atoms with Crippen molar-refractivity contribution < 1.29 is 4.79 Å². The molecular weight excluding hydrogens is 222 g/mol. The van der Waals surface area contributed by atoms with Gasteiger partial charge in [0.05, 0.1) is 0 Å². The lowest BCUT2D eigenvalue weighted by atomic mass is 9.76. The largest absolute Gasteiger partial charge is 0.305 e. The van der Waals surface area contributed by atoms with E-state index in [1.54, 1.807) is 0 Å². The van der Waals surface area contributed by atoms with Crippen molar-refractivity contribution in [2.75, 3.05) is 20.1 Å². The van der Waals surface area contributed by atoms with Gasteiger partial charge in [-0.15, -0.1) is 0 Å². The van der Waals surface area contributed by atoms with Gasteiger partial charge in [0.2, 0.25) is 0 Å². The number of nitrogens with zero attached hydrogens (tertiary/aromatic N) is 1. The first-order valence-corrected chi connectivity index (χ1v) is 6.04. The summed E-state index contributed by atoms with van der Waals surface area (Å²) in [6.07, 6.45) is 0.698. The van der Waals surface area contributed by atoms with Crippen LogP contribution in [-0.4, -0.2) is 30.8 Å². The highest BCUT2D eigenvalue weighted by atomic mass is 35.5. The number of hydrogen-bond donors (Lipinski definition) is 0. The predicted molar refractivity (Wildman–Crippen MR) is 64.1 cm³/mol. The first-order chi connectivity index (χ1) is 7.65. The van der Waals surface area contributed by atoms with Gasteiger partial charge in [-0.05, 0) is 36.7 Å². The average Bonchev–Trinajstić information content (AvgIpc) is 2.59. The molecule has 1 aliphatic carbocycles. The van der Waals surface area contributed by atoms with Gasteiger partial charge >= 0.3 is 0 Å². The summed E-state index contributed by atoms with van der Waals surface area (Å²) in [4.78, 5) is 14.3. The first kappa shape index (κ1) is 10.3. The third-order valence-corrected chi connectivity index (χ3v) is 4.02. The molecule has 0 amide bonds. The predicted octanol–water partition coefficient (Wildman–Crippen LogP) is 2.57. The maximum absolute atomic E-state index is 12.0. The van der Waals surface area contributed by atoms with E-state index in [9.17, 15) is 4.79 Å². The monoisotopic (exact) mass is 235 g/mol. The molecule has 0 spiro atoms. The van der Waals surface area contributed by atoms with Crippen molar-refractivity contribution in [3.8, 4) is 0 Å². The van der Waals surface area contributed by atoms with E-state index in [2.05, 4.69) is 11.9 Å². The van der Waals surface area contributed by atoms with Crippen LogP contribution in [0.1, 0.15) is 28.3 Å². The van der Waals surface area contributed by atoms with Crippen molar-refractivity contribution in [3.63, 3.8) is 0 Å². The Morgan fingerprint density at radius 3 is 3.00 bits per heavy atom. The number of halogens is 1. The smallest absolute Gasteiger partial charge is 0.163 e. The maximum Gasteiger partial charge on any atom is 0.163 e. The molecule has 3 heteroatoms. The van der Waals surface area contributed by atoms with Crippen LogP contribution in [0.3, 0.4) is 0 Å². The van der Waals surface area contributed by atoms with E-state index < -0.39 is 0 Å². The molecule has 3 rings (SSSR count). The topological polar surface area (TPSA) is 20.3 Å². The zero-order chi connectivity index (χ0) is 11.3. The maximum atomic E-state index is 12.0. The normalized spacial score (nSPS) is 29.0. The summed E-state index contributed by atoms with van der Waals surface area (Å²) in [5.41, 5.74) is 2.05. The number of ketones is 1. The van der Waals surface area contributed by atoms with Crippen molar-refractivity contribution >= 4 is 17.4 Å². The lowest BCUT2D eigenvalue weighted by Gasteiger charge is -2.26. The van der Waals surface area contributed by atoms with E-state index >= 15 is 0 Å². The highest BCUT2D eigenvalue weighted by Gasteiger charge is 2.39. The zero-order valence-corrected chi connectivity index (χ0v) is 10.00. The Labute approximate surface area is 100 Å². The van der Waals surface area contributed by atoms with Crippen LogP contribution in [-0.2, 0) is 0 Å². The molecule has 1 saturated heterocycles. The van der Waals surface area contributed by atoms with Gasteiger partial charge < -0.3 is 4.90 Å². The van der Waals surface area contributed by atoms with Gasteiger partial charge in [0, 0.05) is 36.0 Å². The third kappa shape index (κ3) is 1.48. The van der Waals surface area contributed by atoms with Crippen molar-refractivity contribution in [1.82, 2.24) is 4.90 Å². The van der Waals surface area contributed by atoms with Crippen LogP contribution in [0.5, 0.6) is 0 Å². The number of rotatable bonds is 0. The minimum atomic E-state index is 0.281. The molecule has 2 aliphatic rings. The van der Waals surface area contributed by atoms with E-state index in [0.717, 1.165) is 29.2 Å². The van der Waals surface area contributed by atoms with E-state index in [-0.39, 0.29) is 5.78 Å². The van der Waals surface area contributed by atoms with Gasteiger partial charge in [0.15, 0.2) is 5.78 Å². The molecule has 1 aliphatic heterocycles. The van der Waals surface area contributed by atoms with Gasteiger partial charge in [0.25, 0.3) is 0 Å². The fraction of sp³-hybridized carbons (Fsp3) is 0.462. The van der Waals surface area contributed by atoms with Crippen LogP contribution in [0.4, 0.5) is 0 Å². The van der Waals surface area contributed by atoms with Gasteiger partial charge in [-0.2, -0.15) is 0 Å². The lowest BCUT2D eigenvalue weighted by molar-refractivity contribution is 0.0946. The molecule has 0 aromatic heterocycles. The number of fused-ring (bicyclic) bond motifs is 3. The summed E-state index contributed by atoms with van der Waals surface area (Å²) in [6.45, 7) is 2.08. The van der Waals surface area contributed by atoms with Crippen molar-refractivity contribution in [3.05, 3.63) is 34.3 Å². The molecule has 1 aromatic carbocycles. The number of carbonyl (C=O) groups excluding carboxylic acids is 1. The molecule has 0 N–H and O–H groups in total. The highest BCUT2D eigenvalue weighted by Crippen LogP contribution is 2.41. The van der Waals surface area contributed by atoms with Crippen LogP contribution in [0.2, 0.25) is 5.02 Å². The van der Waals surface area contributed by atoms with Crippen LogP contribution in [0, 0.1) is 5.92 Å². The van der Waals surface area contributed by atoms with Crippen molar-refractivity contribution in [2.24, 2.45) is 5.92 Å². The van der Waals surface area contributed by atoms with Gasteiger partial charge in [0.1, 0.15) is 0 Å². The highest BCUT2D eigenvalue weighted by molar-refractivity contribution is 6.30. The quantitative estimate of drug-likeness (QED) is 0.689. The summed E-state index contributed by atoms with van der Waals surface area (Å²) >= 11 is 6.03. The average molecular weight is 236 g/mol. The summed E-state index contributed by atoms with van der Waals surface area (Å²) in [6, 6.07) is 5.68. The van der Waals surface area contributed by atoms with Gasteiger partial charge in [-0.25, -0.2) is 0 Å².